The monoisotopic (exact) mass is 374 g/mol. The Bertz CT molecular complexity index is 345. The molecule has 5 nitrogen and oxygen atoms in total. The van der Waals surface area contributed by atoms with Crippen molar-refractivity contribution in [3.05, 3.63) is 0 Å². The van der Waals surface area contributed by atoms with Crippen LogP contribution in [-0.2, 0) is 9.53 Å². The highest BCUT2D eigenvalue weighted by Gasteiger charge is 2.17. The van der Waals surface area contributed by atoms with Crippen molar-refractivity contribution in [2.24, 2.45) is 17.8 Å². The number of hydrogen-bond donors (Lipinski definition) is 3. The van der Waals surface area contributed by atoms with E-state index < -0.39 is 18.8 Å². The molecule has 0 aliphatic carbocycles. The van der Waals surface area contributed by atoms with Gasteiger partial charge in [0.15, 0.2) is 0 Å². The Balaban J connectivity index is 3.64. The van der Waals surface area contributed by atoms with E-state index in [-0.39, 0.29) is 12.6 Å². The molecule has 26 heavy (non-hydrogen) atoms. The van der Waals surface area contributed by atoms with Crippen LogP contribution in [0.25, 0.3) is 0 Å². The van der Waals surface area contributed by atoms with Crippen LogP contribution in [0.5, 0.6) is 0 Å². The Kier molecular flexibility index (Phi) is 15.0. The molecule has 3 N–H and O–H groups in total. The summed E-state index contributed by atoms with van der Waals surface area (Å²) in [6.45, 7) is 8.32. The molecule has 0 aliphatic rings. The number of ether oxygens (including phenoxy) is 1. The molecule has 5 heteroatoms. The predicted octanol–water partition coefficient (Wildman–Crippen LogP) is 3.68. The predicted molar refractivity (Wildman–Crippen MR) is 105 cm³/mol. The highest BCUT2D eigenvalue weighted by atomic mass is 16.5. The van der Waals surface area contributed by atoms with Gasteiger partial charge in [-0.2, -0.15) is 0 Å². The van der Waals surface area contributed by atoms with E-state index in [0.717, 1.165) is 24.7 Å². The molecular formula is C21H42O5. The number of carbonyl (C=O) groups excluding carboxylic acids is 1. The Morgan fingerprint density at radius 2 is 1.31 bits per heavy atom. The lowest BCUT2D eigenvalue weighted by Crippen LogP contribution is -2.34. The van der Waals surface area contributed by atoms with Crippen molar-refractivity contribution >= 4 is 5.97 Å². The zero-order valence-electron chi connectivity index (χ0n) is 17.3. The average Bonchev–Trinajstić information content (AvgIpc) is 2.58. The van der Waals surface area contributed by atoms with Crippen LogP contribution in [0.1, 0.15) is 85.5 Å². The molecule has 0 saturated carbocycles. The second kappa shape index (κ2) is 15.4. The number of aliphatic hydroxyl groups is 3. The number of aliphatic hydroxyl groups excluding tert-OH is 3. The summed E-state index contributed by atoms with van der Waals surface area (Å²) < 4.78 is 4.92. The lowest BCUT2D eigenvalue weighted by molar-refractivity contribution is -0.149. The molecule has 0 fully saturated rings. The van der Waals surface area contributed by atoms with Gasteiger partial charge in [0.25, 0.3) is 0 Å². The van der Waals surface area contributed by atoms with Crippen LogP contribution < -0.4 is 0 Å². The maximum Gasteiger partial charge on any atom is 0.305 e. The van der Waals surface area contributed by atoms with Gasteiger partial charge in [0, 0.05) is 6.42 Å². The van der Waals surface area contributed by atoms with Crippen molar-refractivity contribution in [3.63, 3.8) is 0 Å². The quantitative estimate of drug-likeness (QED) is 0.359. The molecule has 4 atom stereocenters. The Morgan fingerprint density at radius 1 is 0.808 bits per heavy atom. The molecule has 0 amide bonds. The van der Waals surface area contributed by atoms with E-state index in [2.05, 4.69) is 27.7 Å². The van der Waals surface area contributed by atoms with Crippen molar-refractivity contribution in [1.29, 1.82) is 0 Å². The van der Waals surface area contributed by atoms with Gasteiger partial charge in [0.05, 0.1) is 6.61 Å². The molecule has 0 saturated heterocycles. The second-order valence-electron chi connectivity index (χ2n) is 8.36. The fourth-order valence-corrected chi connectivity index (χ4v) is 3.06. The molecule has 0 bridgehead atoms. The molecule has 0 heterocycles. The number of hydrogen-bond acceptors (Lipinski definition) is 5. The van der Waals surface area contributed by atoms with E-state index in [9.17, 15) is 15.0 Å². The number of esters is 1. The SMILES string of the molecule is CC(C)CCCC(C)CCCC(C)CCCC(=O)OC[C@H](O)[C@H](O)CO. The first-order valence-corrected chi connectivity index (χ1v) is 10.4. The molecule has 0 aromatic carbocycles. The lowest BCUT2D eigenvalue weighted by atomic mass is 9.92. The zero-order valence-corrected chi connectivity index (χ0v) is 17.3. The van der Waals surface area contributed by atoms with Crippen LogP contribution in [0, 0.1) is 17.8 Å². The molecule has 0 aromatic rings. The van der Waals surface area contributed by atoms with E-state index in [1.807, 2.05) is 0 Å². The Labute approximate surface area is 160 Å². The minimum Gasteiger partial charge on any atom is -0.463 e. The summed E-state index contributed by atoms with van der Waals surface area (Å²) in [4.78, 5) is 11.6. The van der Waals surface area contributed by atoms with Crippen LogP contribution in [0.15, 0.2) is 0 Å². The maximum absolute atomic E-state index is 11.6. The van der Waals surface area contributed by atoms with Crippen LogP contribution >= 0.6 is 0 Å². The summed E-state index contributed by atoms with van der Waals surface area (Å²) in [5, 5.41) is 27.3. The van der Waals surface area contributed by atoms with Crippen molar-refractivity contribution in [2.75, 3.05) is 13.2 Å². The van der Waals surface area contributed by atoms with Gasteiger partial charge in [0.2, 0.25) is 0 Å². The minimum absolute atomic E-state index is 0.273. The van der Waals surface area contributed by atoms with Crippen molar-refractivity contribution < 1.29 is 24.9 Å². The van der Waals surface area contributed by atoms with E-state index >= 15 is 0 Å². The summed E-state index contributed by atoms with van der Waals surface area (Å²) in [5.74, 6) is 1.85. The van der Waals surface area contributed by atoms with E-state index in [1.165, 1.54) is 38.5 Å². The highest BCUT2D eigenvalue weighted by Crippen LogP contribution is 2.21. The number of carbonyl (C=O) groups is 1. The van der Waals surface area contributed by atoms with Crippen molar-refractivity contribution in [1.82, 2.24) is 0 Å². The maximum atomic E-state index is 11.6. The van der Waals surface area contributed by atoms with E-state index in [4.69, 9.17) is 9.84 Å². The van der Waals surface area contributed by atoms with Gasteiger partial charge in [0.1, 0.15) is 18.8 Å². The number of rotatable bonds is 16. The van der Waals surface area contributed by atoms with Crippen LogP contribution in [0.2, 0.25) is 0 Å². The minimum atomic E-state index is -1.27. The Hall–Kier alpha value is -0.650. The van der Waals surface area contributed by atoms with Gasteiger partial charge >= 0.3 is 5.97 Å². The highest BCUT2D eigenvalue weighted by molar-refractivity contribution is 5.69. The smallest absolute Gasteiger partial charge is 0.305 e. The first-order chi connectivity index (χ1) is 12.3. The molecule has 0 aliphatic heterocycles. The van der Waals surface area contributed by atoms with Gasteiger partial charge < -0.3 is 20.1 Å². The molecule has 0 rings (SSSR count). The molecule has 2 unspecified atom stereocenters. The van der Waals surface area contributed by atoms with Crippen molar-refractivity contribution in [2.45, 2.75) is 97.7 Å². The van der Waals surface area contributed by atoms with Gasteiger partial charge in [-0.25, -0.2) is 0 Å². The van der Waals surface area contributed by atoms with Gasteiger partial charge in [-0.1, -0.05) is 72.6 Å². The third-order valence-electron chi connectivity index (χ3n) is 5.00. The summed E-state index contributed by atoms with van der Waals surface area (Å²) >= 11 is 0. The fraction of sp³-hybridized carbons (Fsp3) is 0.952. The largest absolute Gasteiger partial charge is 0.463 e. The molecule has 0 radical (unpaired) electrons. The molecule has 0 spiro atoms. The molecule has 0 aromatic heterocycles. The third kappa shape index (κ3) is 14.5. The van der Waals surface area contributed by atoms with Crippen LogP contribution in [0.4, 0.5) is 0 Å². The van der Waals surface area contributed by atoms with Gasteiger partial charge in [-0.05, 0) is 24.2 Å². The normalized spacial score (nSPS) is 16.3. The molecular weight excluding hydrogens is 332 g/mol. The zero-order chi connectivity index (χ0) is 19.9. The average molecular weight is 375 g/mol. The standard InChI is InChI=1S/C21H42O5/c1-16(2)8-5-9-17(3)10-6-11-18(4)12-7-13-21(25)26-15-20(24)19(23)14-22/h16-20,22-24H,5-15H2,1-4H3/t17?,18?,19-,20+/m1/s1. The summed E-state index contributed by atoms with van der Waals surface area (Å²) in [6, 6.07) is 0. The fourth-order valence-electron chi connectivity index (χ4n) is 3.06. The first-order valence-electron chi connectivity index (χ1n) is 10.4. The topological polar surface area (TPSA) is 87.0 Å². The lowest BCUT2D eigenvalue weighted by Gasteiger charge is -2.16. The van der Waals surface area contributed by atoms with Crippen LogP contribution in [0.3, 0.4) is 0 Å². The van der Waals surface area contributed by atoms with E-state index in [1.54, 1.807) is 0 Å². The molecule has 156 valence electrons. The Morgan fingerprint density at radius 3 is 1.81 bits per heavy atom. The van der Waals surface area contributed by atoms with E-state index in [0.29, 0.717) is 12.3 Å². The first kappa shape index (κ1) is 25.4. The third-order valence-corrected chi connectivity index (χ3v) is 5.00. The van der Waals surface area contributed by atoms with Crippen molar-refractivity contribution in [3.8, 4) is 0 Å². The summed E-state index contributed by atoms with van der Waals surface area (Å²) in [7, 11) is 0. The van der Waals surface area contributed by atoms with Crippen LogP contribution in [-0.4, -0.2) is 46.7 Å². The van der Waals surface area contributed by atoms with Gasteiger partial charge in [-0.3, -0.25) is 4.79 Å². The summed E-state index contributed by atoms with van der Waals surface area (Å²) in [5.41, 5.74) is 0. The second-order valence-corrected chi connectivity index (χ2v) is 8.36. The van der Waals surface area contributed by atoms with Gasteiger partial charge in [-0.15, -0.1) is 0 Å². The summed E-state index contributed by atoms with van der Waals surface area (Å²) in [6.07, 6.45) is 7.34.